The molecule has 0 saturated carbocycles. The first-order chi connectivity index (χ1) is 7.54. The molecule has 0 aromatic heterocycles. The molecule has 86 valence electrons. The van der Waals surface area contributed by atoms with Gasteiger partial charge in [-0.3, -0.25) is 0 Å². The van der Waals surface area contributed by atoms with E-state index in [0.29, 0.717) is 18.1 Å². The van der Waals surface area contributed by atoms with E-state index in [2.05, 4.69) is 26.8 Å². The van der Waals surface area contributed by atoms with E-state index in [1.165, 1.54) is 0 Å². The van der Waals surface area contributed by atoms with Gasteiger partial charge in [-0.25, -0.2) is 0 Å². The first-order valence-corrected chi connectivity index (χ1v) is 5.65. The molecule has 0 saturated heterocycles. The molecule has 1 unspecified atom stereocenters. The SMILES string of the molecule is Cc1cc(C#N)ccc1COC(C)C(C)C. The van der Waals surface area contributed by atoms with Gasteiger partial charge in [0.05, 0.1) is 24.3 Å². The molecule has 1 atom stereocenters. The molecule has 0 amide bonds. The lowest BCUT2D eigenvalue weighted by atomic mass is 10.1. The van der Waals surface area contributed by atoms with Gasteiger partial charge in [0, 0.05) is 0 Å². The topological polar surface area (TPSA) is 33.0 Å². The van der Waals surface area contributed by atoms with Gasteiger partial charge in [-0.05, 0) is 43.0 Å². The second kappa shape index (κ2) is 5.67. The van der Waals surface area contributed by atoms with E-state index in [1.54, 1.807) is 0 Å². The van der Waals surface area contributed by atoms with Crippen molar-refractivity contribution in [3.63, 3.8) is 0 Å². The molecule has 0 N–H and O–H groups in total. The van der Waals surface area contributed by atoms with Crippen LogP contribution in [0.25, 0.3) is 0 Å². The van der Waals surface area contributed by atoms with Crippen molar-refractivity contribution in [3.8, 4) is 6.07 Å². The van der Waals surface area contributed by atoms with E-state index in [0.717, 1.165) is 11.1 Å². The van der Waals surface area contributed by atoms with Gasteiger partial charge in [-0.15, -0.1) is 0 Å². The Hall–Kier alpha value is -1.33. The van der Waals surface area contributed by atoms with Crippen molar-refractivity contribution in [2.75, 3.05) is 0 Å². The number of aryl methyl sites for hydroxylation is 1. The molecular formula is C14H19NO. The van der Waals surface area contributed by atoms with Crippen LogP contribution >= 0.6 is 0 Å². The molecule has 1 aromatic carbocycles. The van der Waals surface area contributed by atoms with Crippen LogP contribution in [-0.4, -0.2) is 6.10 Å². The lowest BCUT2D eigenvalue weighted by molar-refractivity contribution is 0.0233. The molecule has 2 heteroatoms. The van der Waals surface area contributed by atoms with Gasteiger partial charge in [0.1, 0.15) is 0 Å². The minimum Gasteiger partial charge on any atom is -0.374 e. The Labute approximate surface area is 97.9 Å². The van der Waals surface area contributed by atoms with Crippen molar-refractivity contribution >= 4 is 0 Å². The first kappa shape index (κ1) is 12.7. The van der Waals surface area contributed by atoms with Gasteiger partial charge in [0.25, 0.3) is 0 Å². The number of benzene rings is 1. The predicted octanol–water partition coefficient (Wildman–Crippen LogP) is 3.43. The van der Waals surface area contributed by atoms with Crippen LogP contribution in [0.15, 0.2) is 18.2 Å². The van der Waals surface area contributed by atoms with Crippen LogP contribution in [0.2, 0.25) is 0 Å². The maximum absolute atomic E-state index is 8.76. The van der Waals surface area contributed by atoms with E-state index in [1.807, 2.05) is 25.1 Å². The van der Waals surface area contributed by atoms with Gasteiger partial charge >= 0.3 is 0 Å². The summed E-state index contributed by atoms with van der Waals surface area (Å²) in [7, 11) is 0. The maximum atomic E-state index is 8.76. The third-order valence-electron chi connectivity index (χ3n) is 2.91. The summed E-state index contributed by atoms with van der Waals surface area (Å²) in [6, 6.07) is 7.85. The van der Waals surface area contributed by atoms with Gasteiger partial charge in [0.15, 0.2) is 0 Å². The monoisotopic (exact) mass is 217 g/mol. The van der Waals surface area contributed by atoms with Crippen LogP contribution < -0.4 is 0 Å². The molecule has 16 heavy (non-hydrogen) atoms. The van der Waals surface area contributed by atoms with Crippen molar-refractivity contribution in [1.82, 2.24) is 0 Å². The van der Waals surface area contributed by atoms with Crippen LogP contribution in [0.1, 0.15) is 37.5 Å². The zero-order chi connectivity index (χ0) is 12.1. The highest BCUT2D eigenvalue weighted by Crippen LogP contribution is 2.14. The van der Waals surface area contributed by atoms with Crippen molar-refractivity contribution < 1.29 is 4.74 Å². The fraction of sp³-hybridized carbons (Fsp3) is 0.500. The standard InChI is InChI=1S/C14H19NO/c1-10(2)12(4)16-9-14-6-5-13(8-15)7-11(14)3/h5-7,10,12H,9H2,1-4H3. The maximum Gasteiger partial charge on any atom is 0.0991 e. The summed E-state index contributed by atoms with van der Waals surface area (Å²) in [6.07, 6.45) is 0.259. The average Bonchev–Trinajstić information content (AvgIpc) is 2.26. The second-order valence-corrected chi connectivity index (χ2v) is 4.51. The van der Waals surface area contributed by atoms with Crippen LogP contribution in [0.5, 0.6) is 0 Å². The molecule has 0 aliphatic rings. The summed E-state index contributed by atoms with van der Waals surface area (Å²) in [5.41, 5.74) is 2.99. The Balaban J connectivity index is 2.65. The average molecular weight is 217 g/mol. The van der Waals surface area contributed by atoms with Crippen molar-refractivity contribution in [3.05, 3.63) is 34.9 Å². The summed E-state index contributed by atoms with van der Waals surface area (Å²) < 4.78 is 5.76. The number of nitrogens with zero attached hydrogens (tertiary/aromatic N) is 1. The lowest BCUT2D eigenvalue weighted by Gasteiger charge is -2.17. The Morgan fingerprint density at radius 2 is 2.00 bits per heavy atom. The van der Waals surface area contributed by atoms with Crippen molar-refractivity contribution in [1.29, 1.82) is 5.26 Å². The Morgan fingerprint density at radius 3 is 2.50 bits per heavy atom. The molecule has 0 heterocycles. The number of nitriles is 1. The summed E-state index contributed by atoms with van der Waals surface area (Å²) in [6.45, 7) is 9.02. The highest BCUT2D eigenvalue weighted by molar-refractivity contribution is 5.37. The number of ether oxygens (including phenoxy) is 1. The summed E-state index contributed by atoms with van der Waals surface area (Å²) >= 11 is 0. The third kappa shape index (κ3) is 3.36. The molecule has 0 spiro atoms. The van der Waals surface area contributed by atoms with Crippen LogP contribution in [0, 0.1) is 24.2 Å². The minimum atomic E-state index is 0.259. The largest absolute Gasteiger partial charge is 0.374 e. The first-order valence-electron chi connectivity index (χ1n) is 5.65. The molecule has 1 aromatic rings. The predicted molar refractivity (Wildman–Crippen MR) is 65.0 cm³/mol. The molecule has 0 aliphatic carbocycles. The van der Waals surface area contributed by atoms with E-state index in [-0.39, 0.29) is 6.10 Å². The van der Waals surface area contributed by atoms with Crippen molar-refractivity contribution in [2.45, 2.75) is 40.4 Å². The highest BCUT2D eigenvalue weighted by atomic mass is 16.5. The van der Waals surface area contributed by atoms with Gasteiger partial charge in [-0.1, -0.05) is 19.9 Å². The highest BCUT2D eigenvalue weighted by Gasteiger charge is 2.08. The van der Waals surface area contributed by atoms with Gasteiger partial charge < -0.3 is 4.74 Å². The molecule has 2 nitrogen and oxygen atoms in total. The number of hydrogen-bond acceptors (Lipinski definition) is 2. The third-order valence-corrected chi connectivity index (χ3v) is 2.91. The Morgan fingerprint density at radius 1 is 1.31 bits per heavy atom. The minimum absolute atomic E-state index is 0.259. The quantitative estimate of drug-likeness (QED) is 0.774. The van der Waals surface area contributed by atoms with E-state index in [9.17, 15) is 0 Å². The normalized spacial score (nSPS) is 12.5. The van der Waals surface area contributed by atoms with Crippen LogP contribution in [-0.2, 0) is 11.3 Å². The van der Waals surface area contributed by atoms with Gasteiger partial charge in [-0.2, -0.15) is 5.26 Å². The molecule has 0 fully saturated rings. The van der Waals surface area contributed by atoms with Crippen LogP contribution in [0.4, 0.5) is 0 Å². The molecule has 1 rings (SSSR count). The Kier molecular flexibility index (Phi) is 4.52. The van der Waals surface area contributed by atoms with Crippen LogP contribution in [0.3, 0.4) is 0 Å². The van der Waals surface area contributed by atoms with E-state index < -0.39 is 0 Å². The Bertz CT molecular complexity index is 390. The zero-order valence-electron chi connectivity index (χ0n) is 10.4. The molecule has 0 bridgehead atoms. The van der Waals surface area contributed by atoms with E-state index >= 15 is 0 Å². The lowest BCUT2D eigenvalue weighted by Crippen LogP contribution is -2.15. The molecular weight excluding hydrogens is 198 g/mol. The smallest absolute Gasteiger partial charge is 0.0991 e. The summed E-state index contributed by atoms with van der Waals surface area (Å²) in [5.74, 6) is 0.527. The fourth-order valence-electron chi connectivity index (χ4n) is 1.34. The molecule has 0 radical (unpaired) electrons. The second-order valence-electron chi connectivity index (χ2n) is 4.51. The number of rotatable bonds is 4. The fourth-order valence-corrected chi connectivity index (χ4v) is 1.34. The molecule has 0 aliphatic heterocycles. The number of hydrogen-bond donors (Lipinski definition) is 0. The summed E-state index contributed by atoms with van der Waals surface area (Å²) in [5, 5.41) is 8.76. The van der Waals surface area contributed by atoms with Crippen molar-refractivity contribution in [2.24, 2.45) is 5.92 Å². The zero-order valence-corrected chi connectivity index (χ0v) is 10.4. The van der Waals surface area contributed by atoms with Gasteiger partial charge in [0.2, 0.25) is 0 Å². The summed E-state index contributed by atoms with van der Waals surface area (Å²) in [4.78, 5) is 0. The van der Waals surface area contributed by atoms with E-state index in [4.69, 9.17) is 10.00 Å².